The lowest BCUT2D eigenvalue weighted by molar-refractivity contribution is 0.465. The molecule has 1 aliphatic rings. The van der Waals surface area contributed by atoms with Gasteiger partial charge in [0.2, 0.25) is 5.89 Å². The summed E-state index contributed by atoms with van der Waals surface area (Å²) in [6, 6.07) is 0.939. The number of nitrogens with one attached hydrogen (secondary N) is 1. The minimum atomic E-state index is -2.98. The molecule has 8 heteroatoms. The third-order valence-corrected chi connectivity index (χ3v) is 3.62. The molecule has 102 valence electrons. The van der Waals surface area contributed by atoms with Gasteiger partial charge in [0.25, 0.3) is 0 Å². The number of rotatable bonds is 7. The van der Waals surface area contributed by atoms with Gasteiger partial charge < -0.3 is 14.6 Å². The van der Waals surface area contributed by atoms with Crippen LogP contribution >= 0.6 is 0 Å². The highest BCUT2D eigenvalue weighted by molar-refractivity contribution is 7.90. The van der Waals surface area contributed by atoms with Gasteiger partial charge in [0, 0.05) is 25.9 Å². The third kappa shape index (κ3) is 4.26. The van der Waals surface area contributed by atoms with Crippen LogP contribution in [0.1, 0.15) is 18.7 Å². The molecule has 1 fully saturated rings. The normalized spacial score (nSPS) is 15.9. The Morgan fingerprint density at radius 2 is 2.17 bits per heavy atom. The van der Waals surface area contributed by atoms with Crippen LogP contribution < -0.4 is 10.2 Å². The Morgan fingerprint density at radius 3 is 2.78 bits per heavy atom. The van der Waals surface area contributed by atoms with Crippen molar-refractivity contribution in [2.24, 2.45) is 0 Å². The highest BCUT2D eigenvalue weighted by Crippen LogP contribution is 2.19. The third-order valence-electron chi connectivity index (χ3n) is 2.70. The van der Waals surface area contributed by atoms with Gasteiger partial charge in [0.15, 0.2) is 0 Å². The molecular formula is C10H18N4O3S. The fourth-order valence-corrected chi connectivity index (χ4v) is 1.99. The fraction of sp³-hybridized carbons (Fsp3) is 0.800. The molecule has 1 aromatic rings. The van der Waals surface area contributed by atoms with E-state index in [-0.39, 0.29) is 5.75 Å². The largest absolute Gasteiger partial charge is 0.407 e. The average Bonchev–Trinajstić information content (AvgIpc) is 3.00. The second kappa shape index (κ2) is 5.23. The van der Waals surface area contributed by atoms with Crippen molar-refractivity contribution in [1.82, 2.24) is 15.5 Å². The van der Waals surface area contributed by atoms with Crippen molar-refractivity contribution in [1.29, 1.82) is 0 Å². The lowest BCUT2D eigenvalue weighted by atomic mass is 10.6. The summed E-state index contributed by atoms with van der Waals surface area (Å²) in [5.41, 5.74) is 0. The topological polar surface area (TPSA) is 88.3 Å². The summed E-state index contributed by atoms with van der Waals surface area (Å²) in [6.45, 7) is 0.911. The highest BCUT2D eigenvalue weighted by Gasteiger charge is 2.21. The van der Waals surface area contributed by atoms with Crippen LogP contribution in [0.25, 0.3) is 0 Å². The maximum absolute atomic E-state index is 11.1. The molecule has 2 rings (SSSR count). The van der Waals surface area contributed by atoms with Crippen LogP contribution in [0.5, 0.6) is 0 Å². The molecule has 0 unspecified atom stereocenters. The Hall–Kier alpha value is -1.15. The van der Waals surface area contributed by atoms with E-state index >= 15 is 0 Å². The van der Waals surface area contributed by atoms with E-state index in [2.05, 4.69) is 15.5 Å². The average molecular weight is 274 g/mol. The maximum Gasteiger partial charge on any atom is 0.317 e. The number of sulfone groups is 1. The van der Waals surface area contributed by atoms with Gasteiger partial charge in [0.1, 0.15) is 9.84 Å². The Labute approximate surface area is 106 Å². The molecule has 0 bridgehead atoms. The van der Waals surface area contributed by atoms with Gasteiger partial charge in [-0.2, -0.15) is 0 Å². The lowest BCUT2D eigenvalue weighted by Crippen LogP contribution is -2.25. The summed E-state index contributed by atoms with van der Waals surface area (Å²) in [5, 5.41) is 11.1. The number of nitrogens with zero attached hydrogens (tertiary/aromatic N) is 3. The molecule has 1 aliphatic carbocycles. The monoisotopic (exact) mass is 274 g/mol. The smallest absolute Gasteiger partial charge is 0.317 e. The van der Waals surface area contributed by atoms with E-state index in [4.69, 9.17) is 4.42 Å². The van der Waals surface area contributed by atoms with Crippen molar-refractivity contribution in [2.45, 2.75) is 25.4 Å². The molecule has 0 atom stereocenters. The van der Waals surface area contributed by atoms with Crippen molar-refractivity contribution in [3.05, 3.63) is 5.89 Å². The standard InChI is InChI=1S/C10H18N4O3S/c1-14(5-6-18(2,15)16)10-13-12-9(17-10)7-11-8-3-4-8/h8,11H,3-7H2,1-2H3. The second-order valence-corrected chi connectivity index (χ2v) is 6.94. The number of anilines is 1. The molecule has 0 amide bonds. The molecule has 1 N–H and O–H groups in total. The fourth-order valence-electron chi connectivity index (χ4n) is 1.39. The number of aromatic nitrogens is 2. The Kier molecular flexibility index (Phi) is 3.86. The SMILES string of the molecule is CN(CCS(C)(=O)=O)c1nnc(CNC2CC2)o1. The summed E-state index contributed by atoms with van der Waals surface area (Å²) in [6.07, 6.45) is 3.62. The minimum Gasteiger partial charge on any atom is -0.407 e. The van der Waals surface area contributed by atoms with E-state index in [1.165, 1.54) is 19.1 Å². The summed E-state index contributed by atoms with van der Waals surface area (Å²) in [5.74, 6) is 0.602. The van der Waals surface area contributed by atoms with Crippen molar-refractivity contribution < 1.29 is 12.8 Å². The molecular weight excluding hydrogens is 256 g/mol. The quantitative estimate of drug-likeness (QED) is 0.736. The van der Waals surface area contributed by atoms with E-state index < -0.39 is 9.84 Å². The molecule has 0 aliphatic heterocycles. The number of hydrogen-bond donors (Lipinski definition) is 1. The van der Waals surface area contributed by atoms with Crippen LogP contribution in [0.15, 0.2) is 4.42 Å². The zero-order valence-electron chi connectivity index (χ0n) is 10.6. The number of hydrogen-bond acceptors (Lipinski definition) is 7. The van der Waals surface area contributed by atoms with Crippen molar-refractivity contribution in [3.8, 4) is 0 Å². The first-order chi connectivity index (χ1) is 8.44. The maximum atomic E-state index is 11.1. The molecule has 1 saturated carbocycles. The Bertz CT molecular complexity index is 495. The van der Waals surface area contributed by atoms with Gasteiger partial charge >= 0.3 is 6.01 Å². The zero-order valence-corrected chi connectivity index (χ0v) is 11.4. The minimum absolute atomic E-state index is 0.0710. The first-order valence-electron chi connectivity index (χ1n) is 5.89. The Morgan fingerprint density at radius 1 is 1.44 bits per heavy atom. The predicted octanol–water partition coefficient (Wildman–Crippen LogP) is -0.198. The van der Waals surface area contributed by atoms with Crippen LogP contribution in [0.4, 0.5) is 6.01 Å². The molecule has 0 spiro atoms. The molecule has 0 radical (unpaired) electrons. The van der Waals surface area contributed by atoms with Crippen LogP contribution in [0.2, 0.25) is 0 Å². The van der Waals surface area contributed by atoms with E-state index in [0.29, 0.717) is 31.0 Å². The lowest BCUT2D eigenvalue weighted by Gasteiger charge is -2.12. The molecule has 1 aromatic heterocycles. The molecule has 0 saturated heterocycles. The van der Waals surface area contributed by atoms with Gasteiger partial charge in [-0.05, 0) is 12.8 Å². The summed E-state index contributed by atoms with van der Waals surface area (Å²) < 4.78 is 27.5. The van der Waals surface area contributed by atoms with Crippen LogP contribution in [0, 0.1) is 0 Å². The second-order valence-electron chi connectivity index (χ2n) is 4.68. The first kappa shape index (κ1) is 13.3. The van der Waals surface area contributed by atoms with Crippen molar-refractivity contribution in [3.63, 3.8) is 0 Å². The van der Waals surface area contributed by atoms with E-state index in [1.807, 2.05) is 0 Å². The van der Waals surface area contributed by atoms with Crippen molar-refractivity contribution >= 4 is 15.9 Å². The summed E-state index contributed by atoms with van der Waals surface area (Å²) in [4.78, 5) is 1.65. The molecule has 1 heterocycles. The van der Waals surface area contributed by atoms with Crippen molar-refractivity contribution in [2.75, 3.05) is 30.5 Å². The van der Waals surface area contributed by atoms with E-state index in [9.17, 15) is 8.42 Å². The van der Waals surface area contributed by atoms with Gasteiger partial charge in [0.05, 0.1) is 12.3 Å². The van der Waals surface area contributed by atoms with Gasteiger partial charge in [-0.25, -0.2) is 8.42 Å². The van der Waals surface area contributed by atoms with E-state index in [1.54, 1.807) is 11.9 Å². The predicted molar refractivity (Wildman–Crippen MR) is 67.1 cm³/mol. The summed E-state index contributed by atoms with van der Waals surface area (Å²) >= 11 is 0. The molecule has 7 nitrogen and oxygen atoms in total. The van der Waals surface area contributed by atoms with Crippen LogP contribution in [-0.4, -0.2) is 50.3 Å². The van der Waals surface area contributed by atoms with E-state index in [0.717, 1.165) is 0 Å². The van der Waals surface area contributed by atoms with Crippen LogP contribution in [-0.2, 0) is 16.4 Å². The van der Waals surface area contributed by atoms with Gasteiger partial charge in [-0.3, -0.25) is 0 Å². The highest BCUT2D eigenvalue weighted by atomic mass is 32.2. The van der Waals surface area contributed by atoms with Gasteiger partial charge in [-0.15, -0.1) is 5.10 Å². The van der Waals surface area contributed by atoms with Crippen LogP contribution in [0.3, 0.4) is 0 Å². The molecule has 18 heavy (non-hydrogen) atoms. The zero-order chi connectivity index (χ0) is 13.2. The van der Waals surface area contributed by atoms with Gasteiger partial charge in [-0.1, -0.05) is 5.10 Å². The Balaban J connectivity index is 1.83. The molecule has 0 aromatic carbocycles. The summed E-state index contributed by atoms with van der Waals surface area (Å²) in [7, 11) is -1.24. The first-order valence-corrected chi connectivity index (χ1v) is 7.95.